The first-order valence-electron chi connectivity index (χ1n) is 9.34. The van der Waals surface area contributed by atoms with Gasteiger partial charge in [-0.25, -0.2) is 0 Å². The molecular formula is C21H20N4O4. The van der Waals surface area contributed by atoms with E-state index >= 15 is 0 Å². The Morgan fingerprint density at radius 1 is 1.10 bits per heavy atom. The fourth-order valence-electron chi connectivity index (χ4n) is 3.21. The maximum atomic E-state index is 12.2. The Bertz CT molecular complexity index is 1280. The molecule has 1 N–H and O–H groups in total. The van der Waals surface area contributed by atoms with E-state index in [9.17, 15) is 9.59 Å². The molecule has 2 aromatic heterocycles. The molecule has 2 heterocycles. The van der Waals surface area contributed by atoms with Crippen LogP contribution in [0.5, 0.6) is 5.75 Å². The summed E-state index contributed by atoms with van der Waals surface area (Å²) < 4.78 is 12.3. The minimum absolute atomic E-state index is 0.144. The second-order valence-electron chi connectivity index (χ2n) is 6.84. The Balaban J connectivity index is 1.73. The molecule has 2 aromatic carbocycles. The van der Waals surface area contributed by atoms with Crippen molar-refractivity contribution in [2.75, 3.05) is 6.61 Å². The zero-order chi connectivity index (χ0) is 20.5. The monoisotopic (exact) mass is 392 g/mol. The molecule has 4 rings (SSSR count). The lowest BCUT2D eigenvalue weighted by Gasteiger charge is -2.13. The number of fused-ring (bicyclic) bond motifs is 1. The molecule has 0 radical (unpaired) electrons. The average molecular weight is 392 g/mol. The van der Waals surface area contributed by atoms with Gasteiger partial charge in [-0.3, -0.25) is 14.2 Å². The van der Waals surface area contributed by atoms with E-state index in [0.29, 0.717) is 34.9 Å². The summed E-state index contributed by atoms with van der Waals surface area (Å²) in [5.41, 5.74) is 1.39. The van der Waals surface area contributed by atoms with Gasteiger partial charge >= 0.3 is 11.1 Å². The SMILES string of the molecule is CCOc1ccc(-c2nc(-c3ccc4c(c3)[nH]c(=O)c(=O)n4C(C)C)no2)cc1. The van der Waals surface area contributed by atoms with E-state index < -0.39 is 11.1 Å². The molecule has 8 heteroatoms. The maximum Gasteiger partial charge on any atom is 0.316 e. The third-order valence-corrected chi connectivity index (χ3v) is 4.53. The Morgan fingerprint density at radius 3 is 2.52 bits per heavy atom. The first-order chi connectivity index (χ1) is 14.0. The molecular weight excluding hydrogens is 372 g/mol. The zero-order valence-electron chi connectivity index (χ0n) is 16.3. The van der Waals surface area contributed by atoms with Gasteiger partial charge in [0, 0.05) is 17.2 Å². The van der Waals surface area contributed by atoms with Gasteiger partial charge in [0.25, 0.3) is 5.89 Å². The highest BCUT2D eigenvalue weighted by Gasteiger charge is 2.14. The topological polar surface area (TPSA) is 103 Å². The molecule has 0 aliphatic rings. The predicted octanol–water partition coefficient (Wildman–Crippen LogP) is 3.39. The number of rotatable bonds is 5. The van der Waals surface area contributed by atoms with Crippen molar-refractivity contribution in [2.45, 2.75) is 26.8 Å². The van der Waals surface area contributed by atoms with Crippen LogP contribution in [0.2, 0.25) is 0 Å². The van der Waals surface area contributed by atoms with Gasteiger partial charge in [0.2, 0.25) is 5.82 Å². The summed E-state index contributed by atoms with van der Waals surface area (Å²) in [7, 11) is 0. The summed E-state index contributed by atoms with van der Waals surface area (Å²) in [4.78, 5) is 31.3. The number of nitrogens with one attached hydrogen (secondary N) is 1. The Labute approximate surface area is 165 Å². The Morgan fingerprint density at radius 2 is 1.83 bits per heavy atom. The number of H-pyrrole nitrogens is 1. The highest BCUT2D eigenvalue weighted by molar-refractivity contribution is 5.80. The van der Waals surface area contributed by atoms with E-state index in [2.05, 4.69) is 15.1 Å². The average Bonchev–Trinajstić information content (AvgIpc) is 3.19. The first-order valence-corrected chi connectivity index (χ1v) is 9.34. The molecule has 8 nitrogen and oxygen atoms in total. The number of aromatic nitrogens is 4. The van der Waals surface area contributed by atoms with Crippen molar-refractivity contribution in [3.05, 3.63) is 63.2 Å². The van der Waals surface area contributed by atoms with E-state index in [-0.39, 0.29) is 6.04 Å². The van der Waals surface area contributed by atoms with E-state index in [1.165, 1.54) is 4.57 Å². The minimum atomic E-state index is -0.661. The molecule has 0 bridgehead atoms. The third-order valence-electron chi connectivity index (χ3n) is 4.53. The lowest BCUT2D eigenvalue weighted by atomic mass is 10.1. The smallest absolute Gasteiger partial charge is 0.316 e. The van der Waals surface area contributed by atoms with Gasteiger partial charge in [-0.05, 0) is 63.2 Å². The largest absolute Gasteiger partial charge is 0.494 e. The predicted molar refractivity (Wildman–Crippen MR) is 109 cm³/mol. The zero-order valence-corrected chi connectivity index (χ0v) is 16.3. The van der Waals surface area contributed by atoms with Crippen LogP contribution in [0, 0.1) is 0 Å². The van der Waals surface area contributed by atoms with Crippen LogP contribution < -0.4 is 15.9 Å². The maximum absolute atomic E-state index is 12.2. The van der Waals surface area contributed by atoms with Crippen molar-refractivity contribution >= 4 is 11.0 Å². The van der Waals surface area contributed by atoms with E-state index in [0.717, 1.165) is 11.3 Å². The van der Waals surface area contributed by atoms with Gasteiger partial charge in [0.05, 0.1) is 17.6 Å². The number of nitrogens with zero attached hydrogens (tertiary/aromatic N) is 3. The van der Waals surface area contributed by atoms with Crippen molar-refractivity contribution in [2.24, 2.45) is 0 Å². The number of aromatic amines is 1. The van der Waals surface area contributed by atoms with Crippen molar-refractivity contribution < 1.29 is 9.26 Å². The molecule has 0 atom stereocenters. The molecule has 4 aromatic rings. The third kappa shape index (κ3) is 3.44. The highest BCUT2D eigenvalue weighted by Crippen LogP contribution is 2.26. The van der Waals surface area contributed by atoms with Gasteiger partial charge in [-0.1, -0.05) is 5.16 Å². The normalized spacial score (nSPS) is 11.3. The van der Waals surface area contributed by atoms with Crippen LogP contribution in [0.15, 0.2) is 56.6 Å². The van der Waals surface area contributed by atoms with Crippen LogP contribution in [0.25, 0.3) is 33.9 Å². The minimum Gasteiger partial charge on any atom is -0.494 e. The summed E-state index contributed by atoms with van der Waals surface area (Å²) in [5.74, 6) is 1.54. The summed E-state index contributed by atoms with van der Waals surface area (Å²) in [6.45, 7) is 6.24. The summed E-state index contributed by atoms with van der Waals surface area (Å²) in [6, 6.07) is 12.5. The molecule has 0 saturated heterocycles. The number of benzene rings is 2. The van der Waals surface area contributed by atoms with Gasteiger partial charge in [0.1, 0.15) is 5.75 Å². The molecule has 29 heavy (non-hydrogen) atoms. The first kappa shape index (κ1) is 18.7. The van der Waals surface area contributed by atoms with Crippen molar-refractivity contribution in [3.63, 3.8) is 0 Å². The molecule has 0 aliphatic heterocycles. The Hall–Kier alpha value is -3.68. The van der Waals surface area contributed by atoms with Crippen molar-refractivity contribution in [1.82, 2.24) is 19.7 Å². The fraction of sp³-hybridized carbons (Fsp3) is 0.238. The number of ether oxygens (including phenoxy) is 1. The van der Waals surface area contributed by atoms with Gasteiger partial charge < -0.3 is 14.2 Å². The highest BCUT2D eigenvalue weighted by atomic mass is 16.5. The van der Waals surface area contributed by atoms with Crippen LogP contribution >= 0.6 is 0 Å². The van der Waals surface area contributed by atoms with Crippen LogP contribution in [-0.4, -0.2) is 26.3 Å². The van der Waals surface area contributed by atoms with Crippen LogP contribution in [0.3, 0.4) is 0 Å². The second kappa shape index (κ2) is 7.38. The van der Waals surface area contributed by atoms with Gasteiger partial charge in [0.15, 0.2) is 0 Å². The fourth-order valence-corrected chi connectivity index (χ4v) is 3.21. The molecule has 0 spiro atoms. The summed E-state index contributed by atoms with van der Waals surface area (Å²) in [5, 5.41) is 4.05. The second-order valence-corrected chi connectivity index (χ2v) is 6.84. The molecule has 0 amide bonds. The molecule has 0 saturated carbocycles. The van der Waals surface area contributed by atoms with E-state index in [1.807, 2.05) is 45.0 Å². The van der Waals surface area contributed by atoms with Crippen LogP contribution in [-0.2, 0) is 0 Å². The Kier molecular flexibility index (Phi) is 4.75. The van der Waals surface area contributed by atoms with Gasteiger partial charge in [-0.2, -0.15) is 4.98 Å². The van der Waals surface area contributed by atoms with Crippen molar-refractivity contribution in [1.29, 1.82) is 0 Å². The van der Waals surface area contributed by atoms with Crippen LogP contribution in [0.1, 0.15) is 26.8 Å². The number of hydrogen-bond acceptors (Lipinski definition) is 6. The van der Waals surface area contributed by atoms with Gasteiger partial charge in [-0.15, -0.1) is 0 Å². The van der Waals surface area contributed by atoms with Crippen LogP contribution in [0.4, 0.5) is 0 Å². The molecule has 0 unspecified atom stereocenters. The van der Waals surface area contributed by atoms with Crippen molar-refractivity contribution in [3.8, 4) is 28.6 Å². The summed E-state index contributed by atoms with van der Waals surface area (Å²) >= 11 is 0. The van der Waals surface area contributed by atoms with E-state index in [4.69, 9.17) is 9.26 Å². The summed E-state index contributed by atoms with van der Waals surface area (Å²) in [6.07, 6.45) is 0. The van der Waals surface area contributed by atoms with E-state index in [1.54, 1.807) is 18.2 Å². The number of hydrogen-bond donors (Lipinski definition) is 1. The quantitative estimate of drug-likeness (QED) is 0.522. The molecule has 0 aliphatic carbocycles. The standard InChI is InChI=1S/C21H20N4O4/c1-4-28-15-8-5-13(6-9-15)20-23-18(24-29-20)14-7-10-17-16(11-14)22-19(26)21(27)25(17)12(2)3/h5-12H,4H2,1-3H3,(H,22,26). The molecule has 148 valence electrons. The lowest BCUT2D eigenvalue weighted by molar-refractivity contribution is 0.340. The lowest BCUT2D eigenvalue weighted by Crippen LogP contribution is -2.37. The molecule has 0 fully saturated rings.